The van der Waals surface area contributed by atoms with Crippen LogP contribution in [0.4, 0.5) is 0 Å². The van der Waals surface area contributed by atoms with Crippen LogP contribution in [0, 0.1) is 6.92 Å². The van der Waals surface area contributed by atoms with Crippen LogP contribution in [0.5, 0.6) is 11.5 Å². The smallest absolute Gasteiger partial charge is 0.233 e. The molecule has 9 heteroatoms. The minimum absolute atomic E-state index is 0.0108. The van der Waals surface area contributed by atoms with Gasteiger partial charge in [0.2, 0.25) is 11.1 Å². The maximum atomic E-state index is 12.6. The highest BCUT2D eigenvalue weighted by Gasteiger charge is 2.16. The molecular weight excluding hydrogens is 390 g/mol. The number of thioether (sulfide) groups is 1. The van der Waals surface area contributed by atoms with Gasteiger partial charge in [-0.1, -0.05) is 35.5 Å². The number of nitrogens with zero attached hydrogens (tertiary/aromatic N) is 5. The van der Waals surface area contributed by atoms with E-state index in [1.54, 1.807) is 16.6 Å². The van der Waals surface area contributed by atoms with Crippen LogP contribution >= 0.6 is 11.8 Å². The SMILES string of the molecule is Cc1ccc(-n2nnnc2SCC(=O)N(C)Cc2ccc3c(c2)OCCO3)cc1. The molecular formula is C20H21N5O3S. The molecule has 8 nitrogen and oxygen atoms in total. The van der Waals surface area contributed by atoms with Crippen LogP contribution < -0.4 is 9.47 Å². The zero-order valence-electron chi connectivity index (χ0n) is 16.2. The first-order chi connectivity index (χ1) is 14.1. The van der Waals surface area contributed by atoms with Crippen molar-refractivity contribution in [3.8, 4) is 17.2 Å². The van der Waals surface area contributed by atoms with Crippen molar-refractivity contribution in [1.29, 1.82) is 0 Å². The molecule has 1 amide bonds. The number of carbonyl (C=O) groups excluding carboxylic acids is 1. The fraction of sp³-hybridized carbons (Fsp3) is 0.300. The zero-order valence-corrected chi connectivity index (χ0v) is 17.1. The van der Waals surface area contributed by atoms with Crippen LogP contribution in [0.3, 0.4) is 0 Å². The molecule has 2 heterocycles. The molecule has 2 aromatic carbocycles. The summed E-state index contributed by atoms with van der Waals surface area (Å²) in [6.07, 6.45) is 0. The van der Waals surface area contributed by atoms with Crippen LogP contribution in [0.15, 0.2) is 47.6 Å². The maximum Gasteiger partial charge on any atom is 0.233 e. The Balaban J connectivity index is 1.36. The fourth-order valence-corrected chi connectivity index (χ4v) is 3.73. The van der Waals surface area contributed by atoms with Gasteiger partial charge in [-0.05, 0) is 47.2 Å². The summed E-state index contributed by atoms with van der Waals surface area (Å²) in [7, 11) is 1.78. The molecule has 0 spiro atoms. The number of amides is 1. The molecule has 0 saturated carbocycles. The van der Waals surface area contributed by atoms with E-state index in [1.807, 2.05) is 49.4 Å². The van der Waals surface area contributed by atoms with Gasteiger partial charge in [-0.3, -0.25) is 4.79 Å². The summed E-state index contributed by atoms with van der Waals surface area (Å²) < 4.78 is 12.8. The summed E-state index contributed by atoms with van der Waals surface area (Å²) in [6.45, 7) is 3.61. The lowest BCUT2D eigenvalue weighted by molar-refractivity contribution is -0.127. The lowest BCUT2D eigenvalue weighted by atomic mass is 10.2. The second kappa shape index (κ2) is 8.52. The average molecular weight is 411 g/mol. The van der Waals surface area contributed by atoms with E-state index in [9.17, 15) is 4.79 Å². The number of ether oxygens (including phenoxy) is 2. The van der Waals surface area contributed by atoms with Crippen molar-refractivity contribution < 1.29 is 14.3 Å². The second-order valence-corrected chi connectivity index (χ2v) is 7.67. The molecule has 0 fully saturated rings. The van der Waals surface area contributed by atoms with E-state index in [4.69, 9.17) is 9.47 Å². The van der Waals surface area contributed by atoms with Crippen molar-refractivity contribution in [3.05, 3.63) is 53.6 Å². The highest BCUT2D eigenvalue weighted by molar-refractivity contribution is 7.99. The van der Waals surface area contributed by atoms with E-state index in [0.29, 0.717) is 24.9 Å². The zero-order chi connectivity index (χ0) is 20.2. The number of carbonyl (C=O) groups is 1. The Labute approximate surface area is 172 Å². The Morgan fingerprint density at radius 3 is 2.69 bits per heavy atom. The molecule has 0 N–H and O–H groups in total. The largest absolute Gasteiger partial charge is 0.486 e. The second-order valence-electron chi connectivity index (χ2n) is 6.73. The third-order valence-electron chi connectivity index (χ3n) is 4.50. The van der Waals surface area contributed by atoms with Gasteiger partial charge in [-0.2, -0.15) is 4.68 Å². The van der Waals surface area contributed by atoms with Gasteiger partial charge < -0.3 is 14.4 Å². The van der Waals surface area contributed by atoms with E-state index >= 15 is 0 Å². The van der Waals surface area contributed by atoms with Gasteiger partial charge in [0.1, 0.15) is 13.2 Å². The molecule has 0 atom stereocenters. The molecule has 3 aromatic rings. The van der Waals surface area contributed by atoms with E-state index in [1.165, 1.54) is 11.8 Å². The summed E-state index contributed by atoms with van der Waals surface area (Å²) in [4.78, 5) is 14.3. The van der Waals surface area contributed by atoms with Crippen molar-refractivity contribution in [1.82, 2.24) is 25.1 Å². The average Bonchev–Trinajstić information content (AvgIpc) is 3.21. The van der Waals surface area contributed by atoms with E-state index in [2.05, 4.69) is 15.5 Å². The van der Waals surface area contributed by atoms with E-state index in [-0.39, 0.29) is 11.7 Å². The van der Waals surface area contributed by atoms with Gasteiger partial charge in [0, 0.05) is 13.6 Å². The summed E-state index contributed by atoms with van der Waals surface area (Å²) in [6, 6.07) is 13.6. The third kappa shape index (κ3) is 4.51. The normalized spacial score (nSPS) is 12.6. The molecule has 1 aromatic heterocycles. The molecule has 0 radical (unpaired) electrons. The summed E-state index contributed by atoms with van der Waals surface area (Å²) in [5.41, 5.74) is 3.01. The standard InChI is InChI=1S/C20H21N5O3S/c1-14-3-6-16(7-4-14)25-20(21-22-23-25)29-13-19(26)24(2)12-15-5-8-17-18(11-15)28-10-9-27-17/h3-8,11H,9-10,12-13H2,1-2H3. The van der Waals surface area contributed by atoms with Crippen molar-refractivity contribution in [3.63, 3.8) is 0 Å². The number of rotatable bonds is 6. The Morgan fingerprint density at radius 1 is 1.14 bits per heavy atom. The van der Waals surface area contributed by atoms with Gasteiger partial charge in [-0.15, -0.1) is 5.10 Å². The monoisotopic (exact) mass is 411 g/mol. The number of benzene rings is 2. The van der Waals surface area contributed by atoms with Crippen molar-refractivity contribution >= 4 is 17.7 Å². The lowest BCUT2D eigenvalue weighted by Gasteiger charge is -2.21. The van der Waals surface area contributed by atoms with Gasteiger partial charge in [0.25, 0.3) is 0 Å². The molecule has 1 aliphatic heterocycles. The molecule has 150 valence electrons. The quantitative estimate of drug-likeness (QED) is 0.576. The topological polar surface area (TPSA) is 82.4 Å². The van der Waals surface area contributed by atoms with Gasteiger partial charge >= 0.3 is 0 Å². The van der Waals surface area contributed by atoms with Gasteiger partial charge in [0.15, 0.2) is 11.5 Å². The van der Waals surface area contributed by atoms with Crippen LogP contribution in [-0.4, -0.2) is 57.0 Å². The Kier molecular flexibility index (Phi) is 5.66. The van der Waals surface area contributed by atoms with Crippen molar-refractivity contribution in [2.45, 2.75) is 18.6 Å². The molecule has 4 rings (SSSR count). The van der Waals surface area contributed by atoms with E-state index in [0.717, 1.165) is 28.3 Å². The summed E-state index contributed by atoms with van der Waals surface area (Å²) in [5.74, 6) is 1.70. The predicted octanol–water partition coefficient (Wildman–Crippen LogP) is 2.49. The first kappa shape index (κ1) is 19.3. The molecule has 29 heavy (non-hydrogen) atoms. The van der Waals surface area contributed by atoms with Gasteiger partial charge in [0.05, 0.1) is 11.4 Å². The highest BCUT2D eigenvalue weighted by Crippen LogP contribution is 2.31. The fourth-order valence-electron chi connectivity index (χ4n) is 2.90. The Bertz CT molecular complexity index is 1010. The number of tetrazole rings is 1. The molecule has 0 aliphatic carbocycles. The van der Waals surface area contributed by atoms with Crippen LogP contribution in [0.1, 0.15) is 11.1 Å². The highest BCUT2D eigenvalue weighted by atomic mass is 32.2. The first-order valence-corrected chi connectivity index (χ1v) is 10.2. The minimum atomic E-state index is -0.0108. The Hall–Kier alpha value is -3.07. The van der Waals surface area contributed by atoms with Crippen LogP contribution in [0.2, 0.25) is 0 Å². The summed E-state index contributed by atoms with van der Waals surface area (Å²) >= 11 is 1.31. The third-order valence-corrected chi connectivity index (χ3v) is 5.40. The predicted molar refractivity (Wildman–Crippen MR) is 109 cm³/mol. The summed E-state index contributed by atoms with van der Waals surface area (Å²) in [5, 5.41) is 12.4. The number of hydrogen-bond acceptors (Lipinski definition) is 7. The molecule has 1 aliphatic rings. The molecule has 0 unspecified atom stereocenters. The number of aromatic nitrogens is 4. The molecule has 0 saturated heterocycles. The lowest BCUT2D eigenvalue weighted by Crippen LogP contribution is -2.28. The van der Waals surface area contributed by atoms with Gasteiger partial charge in [-0.25, -0.2) is 0 Å². The van der Waals surface area contributed by atoms with E-state index < -0.39 is 0 Å². The first-order valence-electron chi connectivity index (χ1n) is 9.21. The van der Waals surface area contributed by atoms with Crippen LogP contribution in [-0.2, 0) is 11.3 Å². The van der Waals surface area contributed by atoms with Crippen LogP contribution in [0.25, 0.3) is 5.69 Å². The minimum Gasteiger partial charge on any atom is -0.486 e. The van der Waals surface area contributed by atoms with Crippen molar-refractivity contribution in [2.75, 3.05) is 26.0 Å². The number of hydrogen-bond donors (Lipinski definition) is 0. The number of fused-ring (bicyclic) bond motifs is 1. The Morgan fingerprint density at radius 2 is 1.90 bits per heavy atom. The van der Waals surface area contributed by atoms with Crippen molar-refractivity contribution in [2.24, 2.45) is 0 Å². The number of aryl methyl sites for hydroxylation is 1. The maximum absolute atomic E-state index is 12.6. The molecule has 0 bridgehead atoms.